The van der Waals surface area contributed by atoms with Crippen LogP contribution in [-0.2, 0) is 6.18 Å². The van der Waals surface area contributed by atoms with Crippen LogP contribution >= 0.6 is 11.3 Å². The second-order valence-electron chi connectivity index (χ2n) is 7.23. The standard InChI is InChI=1S/C21H18F3N5O3S/c1-13-12-25-20(33-13)32-19(31)16-6-7-17(27-26-16)28-8-10-29(11-9-28)18(30)14-4-2-3-5-15(14)21(22,23)24/h2-7,12H,8-11H2,1H3. The predicted molar refractivity (Wildman–Crippen MR) is 113 cm³/mol. The van der Waals surface area contributed by atoms with Crippen molar-refractivity contribution in [3.05, 3.63) is 64.3 Å². The molecular weight excluding hydrogens is 459 g/mol. The van der Waals surface area contributed by atoms with Gasteiger partial charge in [0.05, 0.1) is 11.1 Å². The number of alkyl halides is 3. The SMILES string of the molecule is Cc1cnc(OC(=O)c2ccc(N3CCN(C(=O)c4ccccc4C(F)(F)F)CC3)nn2)s1. The maximum atomic E-state index is 13.2. The van der Waals surface area contributed by atoms with Gasteiger partial charge < -0.3 is 14.5 Å². The summed E-state index contributed by atoms with van der Waals surface area (Å²) in [6.45, 7) is 3.00. The average Bonchev–Trinajstić information content (AvgIpc) is 3.22. The zero-order chi connectivity index (χ0) is 23.6. The van der Waals surface area contributed by atoms with E-state index in [1.807, 2.05) is 11.8 Å². The molecule has 1 fully saturated rings. The maximum absolute atomic E-state index is 13.2. The molecule has 8 nitrogen and oxygen atoms in total. The highest BCUT2D eigenvalue weighted by Crippen LogP contribution is 2.32. The monoisotopic (exact) mass is 477 g/mol. The highest BCUT2D eigenvalue weighted by atomic mass is 32.1. The van der Waals surface area contributed by atoms with Crippen LogP contribution in [0.15, 0.2) is 42.6 Å². The molecule has 1 saturated heterocycles. The molecule has 3 aromatic rings. The Kier molecular flexibility index (Phi) is 6.27. The minimum Gasteiger partial charge on any atom is -0.393 e. The fourth-order valence-corrected chi connectivity index (χ4v) is 3.94. The lowest BCUT2D eigenvalue weighted by atomic mass is 10.1. The summed E-state index contributed by atoms with van der Waals surface area (Å²) < 4.78 is 44.9. The van der Waals surface area contributed by atoms with Crippen molar-refractivity contribution in [2.45, 2.75) is 13.1 Å². The third-order valence-electron chi connectivity index (χ3n) is 4.99. The van der Waals surface area contributed by atoms with E-state index in [1.165, 1.54) is 40.5 Å². The molecule has 2 aromatic heterocycles. The van der Waals surface area contributed by atoms with Gasteiger partial charge in [0.15, 0.2) is 11.5 Å². The molecule has 33 heavy (non-hydrogen) atoms. The lowest BCUT2D eigenvalue weighted by molar-refractivity contribution is -0.138. The first-order chi connectivity index (χ1) is 15.7. The molecule has 0 N–H and O–H groups in total. The number of hydrogen-bond donors (Lipinski definition) is 0. The minimum atomic E-state index is -4.61. The van der Waals surface area contributed by atoms with Gasteiger partial charge in [-0.1, -0.05) is 23.5 Å². The van der Waals surface area contributed by atoms with Gasteiger partial charge in [-0.05, 0) is 31.2 Å². The summed E-state index contributed by atoms with van der Waals surface area (Å²) in [7, 11) is 0. The summed E-state index contributed by atoms with van der Waals surface area (Å²) in [5.74, 6) is -0.856. The Bertz CT molecular complexity index is 1160. The molecule has 4 rings (SSSR count). The van der Waals surface area contributed by atoms with E-state index in [0.717, 1.165) is 10.9 Å². The van der Waals surface area contributed by atoms with Crippen LogP contribution in [0.3, 0.4) is 0 Å². The molecule has 1 aromatic carbocycles. The number of amides is 1. The lowest BCUT2D eigenvalue weighted by Crippen LogP contribution is -2.49. The highest BCUT2D eigenvalue weighted by molar-refractivity contribution is 7.13. The van der Waals surface area contributed by atoms with Crippen LogP contribution in [0, 0.1) is 6.92 Å². The summed E-state index contributed by atoms with van der Waals surface area (Å²) in [5.41, 5.74) is -1.29. The summed E-state index contributed by atoms with van der Waals surface area (Å²) in [5, 5.41) is 8.17. The van der Waals surface area contributed by atoms with Gasteiger partial charge >= 0.3 is 12.1 Å². The Morgan fingerprint density at radius 2 is 1.76 bits per heavy atom. The van der Waals surface area contributed by atoms with E-state index >= 15 is 0 Å². The van der Waals surface area contributed by atoms with Crippen LogP contribution in [0.4, 0.5) is 19.0 Å². The number of thiazole rings is 1. The molecular formula is C21H18F3N5O3S. The molecule has 1 aliphatic heterocycles. The molecule has 0 aliphatic carbocycles. The van der Waals surface area contributed by atoms with Gasteiger partial charge in [-0.3, -0.25) is 4.79 Å². The predicted octanol–water partition coefficient (Wildman–Crippen LogP) is 3.44. The van der Waals surface area contributed by atoms with Crippen LogP contribution in [-0.4, -0.2) is 58.1 Å². The Morgan fingerprint density at radius 3 is 2.36 bits per heavy atom. The van der Waals surface area contributed by atoms with Crippen LogP contribution in [0.2, 0.25) is 0 Å². The summed E-state index contributed by atoms with van der Waals surface area (Å²) in [6.07, 6.45) is -3.01. The smallest absolute Gasteiger partial charge is 0.393 e. The van der Waals surface area contributed by atoms with Gasteiger partial charge in [0, 0.05) is 37.3 Å². The molecule has 0 spiro atoms. The number of carbonyl (C=O) groups is 2. The third kappa shape index (κ3) is 5.11. The van der Waals surface area contributed by atoms with Crippen molar-refractivity contribution in [1.29, 1.82) is 0 Å². The average molecular weight is 477 g/mol. The quantitative estimate of drug-likeness (QED) is 0.532. The number of esters is 1. The normalized spacial score (nSPS) is 14.3. The number of carbonyl (C=O) groups excluding carboxylic acids is 2. The van der Waals surface area contributed by atoms with E-state index in [-0.39, 0.29) is 29.5 Å². The van der Waals surface area contributed by atoms with Gasteiger partial charge in [-0.2, -0.15) is 13.2 Å². The number of halogens is 3. The van der Waals surface area contributed by atoms with Gasteiger partial charge in [-0.25, -0.2) is 9.78 Å². The number of benzene rings is 1. The topological polar surface area (TPSA) is 88.5 Å². The molecule has 0 atom stereocenters. The number of piperazine rings is 1. The molecule has 172 valence electrons. The first-order valence-electron chi connectivity index (χ1n) is 9.91. The minimum absolute atomic E-state index is 0.0178. The van der Waals surface area contributed by atoms with Gasteiger partial charge in [0.25, 0.3) is 11.1 Å². The fraction of sp³-hybridized carbons (Fsp3) is 0.286. The Labute approximate surface area is 190 Å². The van der Waals surface area contributed by atoms with Crippen LogP contribution < -0.4 is 9.64 Å². The fourth-order valence-electron chi connectivity index (χ4n) is 3.34. The Morgan fingerprint density at radius 1 is 1.03 bits per heavy atom. The molecule has 0 radical (unpaired) electrons. The van der Waals surface area contributed by atoms with Crippen LogP contribution in [0.25, 0.3) is 0 Å². The maximum Gasteiger partial charge on any atom is 0.417 e. The zero-order valence-corrected chi connectivity index (χ0v) is 18.2. The Balaban J connectivity index is 1.37. The van der Waals surface area contributed by atoms with Crippen LogP contribution in [0.1, 0.15) is 31.3 Å². The molecule has 0 saturated carbocycles. The van der Waals surface area contributed by atoms with Crippen molar-refractivity contribution in [2.75, 3.05) is 31.1 Å². The number of aryl methyl sites for hydroxylation is 1. The molecule has 0 bridgehead atoms. The van der Waals surface area contributed by atoms with Crippen molar-refractivity contribution in [3.8, 4) is 5.19 Å². The van der Waals surface area contributed by atoms with Crippen molar-refractivity contribution in [3.63, 3.8) is 0 Å². The van der Waals surface area contributed by atoms with E-state index < -0.39 is 23.6 Å². The first-order valence-corrected chi connectivity index (χ1v) is 10.7. The summed E-state index contributed by atoms with van der Waals surface area (Å²) in [6, 6.07) is 7.84. The first kappa shape index (κ1) is 22.6. The third-order valence-corrected chi connectivity index (χ3v) is 5.78. The number of nitrogens with zero attached hydrogens (tertiary/aromatic N) is 5. The zero-order valence-electron chi connectivity index (χ0n) is 17.4. The van der Waals surface area contributed by atoms with E-state index in [9.17, 15) is 22.8 Å². The molecule has 0 unspecified atom stereocenters. The van der Waals surface area contributed by atoms with Crippen molar-refractivity contribution in [2.24, 2.45) is 0 Å². The number of rotatable bonds is 4. The van der Waals surface area contributed by atoms with E-state index in [4.69, 9.17) is 4.74 Å². The van der Waals surface area contributed by atoms with Gasteiger partial charge in [0.2, 0.25) is 0 Å². The van der Waals surface area contributed by atoms with E-state index in [1.54, 1.807) is 12.3 Å². The van der Waals surface area contributed by atoms with Crippen molar-refractivity contribution in [1.82, 2.24) is 20.1 Å². The largest absolute Gasteiger partial charge is 0.417 e. The van der Waals surface area contributed by atoms with E-state index in [0.29, 0.717) is 18.9 Å². The van der Waals surface area contributed by atoms with Crippen molar-refractivity contribution >= 4 is 29.0 Å². The molecule has 1 aliphatic rings. The van der Waals surface area contributed by atoms with Crippen LogP contribution in [0.5, 0.6) is 5.19 Å². The lowest BCUT2D eigenvalue weighted by Gasteiger charge is -2.35. The molecule has 3 heterocycles. The number of ether oxygens (including phenoxy) is 1. The Hall–Kier alpha value is -3.54. The van der Waals surface area contributed by atoms with Crippen molar-refractivity contribution < 1.29 is 27.5 Å². The second kappa shape index (κ2) is 9.14. The second-order valence-corrected chi connectivity index (χ2v) is 8.42. The number of hydrogen-bond acceptors (Lipinski definition) is 8. The summed E-state index contributed by atoms with van der Waals surface area (Å²) >= 11 is 1.23. The number of anilines is 1. The summed E-state index contributed by atoms with van der Waals surface area (Å²) in [4.78, 5) is 33.0. The van der Waals surface area contributed by atoms with Gasteiger partial charge in [0.1, 0.15) is 0 Å². The van der Waals surface area contributed by atoms with E-state index in [2.05, 4.69) is 15.2 Å². The van der Waals surface area contributed by atoms with Gasteiger partial charge in [-0.15, -0.1) is 10.2 Å². The number of aromatic nitrogens is 3. The molecule has 1 amide bonds. The highest BCUT2D eigenvalue weighted by Gasteiger charge is 2.36. The molecule has 12 heteroatoms.